The molecule has 2 aromatic rings. The van der Waals surface area contributed by atoms with Crippen LogP contribution in [-0.4, -0.2) is 12.7 Å². The van der Waals surface area contributed by atoms with Gasteiger partial charge in [-0.2, -0.15) is 0 Å². The van der Waals surface area contributed by atoms with Crippen molar-refractivity contribution in [3.8, 4) is 16.9 Å². The Morgan fingerprint density at radius 2 is 1.72 bits per heavy atom. The van der Waals surface area contributed by atoms with Crippen LogP contribution in [0.1, 0.15) is 45.7 Å². The highest BCUT2D eigenvalue weighted by atomic mass is 19.1. The van der Waals surface area contributed by atoms with Crippen LogP contribution in [-0.2, 0) is 17.8 Å². The fourth-order valence-corrected chi connectivity index (χ4v) is 2.76. The van der Waals surface area contributed by atoms with E-state index in [1.165, 1.54) is 11.6 Å². The molecule has 0 aromatic heterocycles. The van der Waals surface area contributed by atoms with Gasteiger partial charge < -0.3 is 9.47 Å². The topological polar surface area (TPSA) is 18.5 Å². The van der Waals surface area contributed by atoms with Crippen LogP contribution in [0.15, 0.2) is 36.4 Å². The minimum Gasteiger partial charge on any atom is -0.497 e. The lowest BCUT2D eigenvalue weighted by Gasteiger charge is -2.22. The molecule has 0 N–H and O–H groups in total. The normalized spacial score (nSPS) is 11.8. The van der Waals surface area contributed by atoms with Gasteiger partial charge in [0.2, 0.25) is 0 Å². The fourth-order valence-electron chi connectivity index (χ4n) is 2.76. The van der Waals surface area contributed by atoms with Crippen molar-refractivity contribution in [1.82, 2.24) is 0 Å². The lowest BCUT2D eigenvalue weighted by molar-refractivity contribution is -0.0147. The average Bonchev–Trinajstić information content (AvgIpc) is 2.52. The van der Waals surface area contributed by atoms with Crippen molar-refractivity contribution in [2.75, 3.05) is 7.11 Å². The first-order valence-corrected chi connectivity index (χ1v) is 8.79. The molecule has 0 atom stereocenters. The summed E-state index contributed by atoms with van der Waals surface area (Å²) in [7, 11) is 1.59. The van der Waals surface area contributed by atoms with E-state index in [2.05, 4.69) is 26.0 Å². The molecule has 0 unspecified atom stereocenters. The van der Waals surface area contributed by atoms with E-state index in [1.54, 1.807) is 19.2 Å². The Labute approximate surface area is 151 Å². The Morgan fingerprint density at radius 3 is 2.32 bits per heavy atom. The smallest absolute Gasteiger partial charge is 0.131 e. The predicted octanol–water partition coefficient (Wildman–Crippen LogP) is 6.01. The molecule has 0 fully saturated rings. The summed E-state index contributed by atoms with van der Waals surface area (Å²) < 4.78 is 25.7. The van der Waals surface area contributed by atoms with Gasteiger partial charge in [-0.05, 0) is 68.0 Å². The van der Waals surface area contributed by atoms with Crippen LogP contribution < -0.4 is 4.74 Å². The molecule has 3 heteroatoms. The monoisotopic (exact) mass is 344 g/mol. The molecule has 0 aliphatic heterocycles. The molecule has 2 rings (SSSR count). The molecule has 0 heterocycles. The SMILES string of the molecule is COc1ccc(F)c(-c2ccc(CC(C)C)cc2COC(C)(C)C)c1. The number of rotatable bonds is 6. The van der Waals surface area contributed by atoms with Gasteiger partial charge in [0.15, 0.2) is 0 Å². The van der Waals surface area contributed by atoms with Crippen LogP contribution >= 0.6 is 0 Å². The minimum atomic E-state index is -0.255. The summed E-state index contributed by atoms with van der Waals surface area (Å²) in [6.07, 6.45) is 0.989. The maximum atomic E-state index is 14.5. The number of hydrogen-bond donors (Lipinski definition) is 0. The van der Waals surface area contributed by atoms with Gasteiger partial charge in [-0.25, -0.2) is 4.39 Å². The third kappa shape index (κ3) is 5.57. The lowest BCUT2D eigenvalue weighted by Crippen LogP contribution is -2.19. The van der Waals surface area contributed by atoms with E-state index >= 15 is 0 Å². The van der Waals surface area contributed by atoms with E-state index < -0.39 is 0 Å². The third-order valence-electron chi connectivity index (χ3n) is 3.94. The quantitative estimate of drug-likeness (QED) is 0.638. The van der Waals surface area contributed by atoms with Crippen molar-refractivity contribution in [2.45, 2.75) is 53.2 Å². The molecule has 0 amide bonds. The number of halogens is 1. The molecule has 0 radical (unpaired) electrons. The fraction of sp³-hybridized carbons (Fsp3) is 0.455. The van der Waals surface area contributed by atoms with Crippen molar-refractivity contribution in [2.24, 2.45) is 5.92 Å². The van der Waals surface area contributed by atoms with Crippen molar-refractivity contribution in [1.29, 1.82) is 0 Å². The summed E-state index contributed by atoms with van der Waals surface area (Å²) in [5, 5.41) is 0. The maximum Gasteiger partial charge on any atom is 0.131 e. The molecular formula is C22H29FO2. The number of benzene rings is 2. The van der Waals surface area contributed by atoms with E-state index in [4.69, 9.17) is 9.47 Å². The molecule has 0 saturated heterocycles. The number of methoxy groups -OCH3 is 1. The molecule has 0 aliphatic carbocycles. The van der Waals surface area contributed by atoms with Crippen LogP contribution in [0.5, 0.6) is 5.75 Å². The van der Waals surface area contributed by atoms with Crippen molar-refractivity contribution < 1.29 is 13.9 Å². The van der Waals surface area contributed by atoms with Crippen LogP contribution in [0.25, 0.3) is 11.1 Å². The molecule has 0 spiro atoms. The first-order chi connectivity index (χ1) is 11.7. The van der Waals surface area contributed by atoms with Gasteiger partial charge in [0.1, 0.15) is 11.6 Å². The van der Waals surface area contributed by atoms with Gasteiger partial charge in [0.25, 0.3) is 0 Å². The van der Waals surface area contributed by atoms with Gasteiger partial charge in [0, 0.05) is 5.56 Å². The first kappa shape index (κ1) is 19.5. The third-order valence-corrected chi connectivity index (χ3v) is 3.94. The molecule has 136 valence electrons. The van der Waals surface area contributed by atoms with E-state index in [0.717, 1.165) is 17.5 Å². The van der Waals surface area contributed by atoms with Gasteiger partial charge in [-0.3, -0.25) is 0 Å². The highest BCUT2D eigenvalue weighted by Gasteiger charge is 2.16. The maximum absolute atomic E-state index is 14.5. The second-order valence-electron chi connectivity index (χ2n) is 7.84. The number of hydrogen-bond acceptors (Lipinski definition) is 2. The summed E-state index contributed by atoms with van der Waals surface area (Å²) in [6.45, 7) is 10.9. The Hall–Kier alpha value is -1.87. The van der Waals surface area contributed by atoms with E-state index in [-0.39, 0.29) is 11.4 Å². The van der Waals surface area contributed by atoms with Crippen LogP contribution in [0.3, 0.4) is 0 Å². The van der Waals surface area contributed by atoms with Crippen molar-refractivity contribution in [3.05, 3.63) is 53.3 Å². The highest BCUT2D eigenvalue weighted by Crippen LogP contribution is 2.32. The summed E-state index contributed by atoms with van der Waals surface area (Å²) >= 11 is 0. The molecule has 2 aromatic carbocycles. The zero-order chi connectivity index (χ0) is 18.6. The van der Waals surface area contributed by atoms with Crippen molar-refractivity contribution in [3.63, 3.8) is 0 Å². The largest absolute Gasteiger partial charge is 0.497 e. The zero-order valence-corrected chi connectivity index (χ0v) is 16.2. The summed E-state index contributed by atoms with van der Waals surface area (Å²) in [6, 6.07) is 11.0. The average molecular weight is 344 g/mol. The summed E-state index contributed by atoms with van der Waals surface area (Å²) in [5.41, 5.74) is 3.39. The minimum absolute atomic E-state index is 0.252. The van der Waals surface area contributed by atoms with Gasteiger partial charge in [0.05, 0.1) is 19.3 Å². The second kappa shape index (κ2) is 8.01. The van der Waals surface area contributed by atoms with E-state index in [1.807, 2.05) is 26.8 Å². The molecule has 25 heavy (non-hydrogen) atoms. The Morgan fingerprint density at radius 1 is 1.00 bits per heavy atom. The Kier molecular flexibility index (Phi) is 6.23. The summed E-state index contributed by atoms with van der Waals surface area (Å²) in [5.74, 6) is 0.954. The van der Waals surface area contributed by atoms with E-state index in [9.17, 15) is 4.39 Å². The second-order valence-corrected chi connectivity index (χ2v) is 7.84. The molecule has 2 nitrogen and oxygen atoms in total. The molecule has 0 bridgehead atoms. The van der Waals surface area contributed by atoms with Gasteiger partial charge >= 0.3 is 0 Å². The Balaban J connectivity index is 2.48. The molecule has 0 saturated carbocycles. The van der Waals surface area contributed by atoms with Gasteiger partial charge in [-0.15, -0.1) is 0 Å². The van der Waals surface area contributed by atoms with Gasteiger partial charge in [-0.1, -0.05) is 32.0 Å². The Bertz CT molecular complexity index is 714. The van der Waals surface area contributed by atoms with Crippen molar-refractivity contribution >= 4 is 0 Å². The zero-order valence-electron chi connectivity index (χ0n) is 16.2. The molecule has 0 aliphatic rings. The van der Waals surface area contributed by atoms with E-state index in [0.29, 0.717) is 23.8 Å². The highest BCUT2D eigenvalue weighted by molar-refractivity contribution is 5.70. The van der Waals surface area contributed by atoms with Crippen LogP contribution in [0, 0.1) is 11.7 Å². The lowest BCUT2D eigenvalue weighted by atomic mass is 9.94. The predicted molar refractivity (Wildman–Crippen MR) is 101 cm³/mol. The van der Waals surface area contributed by atoms with Crippen LogP contribution in [0.4, 0.5) is 4.39 Å². The summed E-state index contributed by atoms with van der Waals surface area (Å²) in [4.78, 5) is 0. The first-order valence-electron chi connectivity index (χ1n) is 8.79. The number of ether oxygens (including phenoxy) is 2. The molecular weight excluding hydrogens is 315 g/mol. The standard InChI is InChI=1S/C22H29FO2/c1-15(2)11-16-7-9-19(17(12-16)14-25-22(3,4)5)20-13-18(24-6)8-10-21(20)23/h7-10,12-13,15H,11,14H2,1-6H3. The van der Waals surface area contributed by atoms with Crippen LogP contribution in [0.2, 0.25) is 0 Å².